The molecular weight excluding hydrogens is 272 g/mol. The van der Waals surface area contributed by atoms with Crippen LogP contribution in [-0.4, -0.2) is 22.1 Å². The summed E-state index contributed by atoms with van der Waals surface area (Å²) in [5, 5.41) is 17.8. The largest absolute Gasteiger partial charge is 0.409 e. The summed E-state index contributed by atoms with van der Waals surface area (Å²) in [4.78, 5) is 11.8. The van der Waals surface area contributed by atoms with Crippen LogP contribution in [0.4, 0.5) is 5.69 Å². The lowest BCUT2D eigenvalue weighted by atomic mass is 10.2. The number of nitrogens with one attached hydrogen (secondary N) is 1. The second-order valence-corrected chi connectivity index (χ2v) is 3.93. The first-order valence-electron chi connectivity index (χ1n) is 5.11. The second kappa shape index (κ2) is 5.40. The topological polar surface area (TPSA) is 114 Å². The van der Waals surface area contributed by atoms with Crippen molar-refractivity contribution in [2.24, 2.45) is 10.9 Å². The number of rotatable bonds is 3. The van der Waals surface area contributed by atoms with E-state index in [1.807, 2.05) is 0 Å². The van der Waals surface area contributed by atoms with Crippen LogP contribution < -0.4 is 11.1 Å². The highest BCUT2D eigenvalue weighted by atomic mass is 35.5. The van der Waals surface area contributed by atoms with Crippen LogP contribution in [0.2, 0.25) is 5.02 Å². The van der Waals surface area contributed by atoms with Crippen LogP contribution in [0.1, 0.15) is 16.1 Å². The first kappa shape index (κ1) is 12.9. The van der Waals surface area contributed by atoms with E-state index in [0.29, 0.717) is 16.3 Å². The summed E-state index contributed by atoms with van der Waals surface area (Å²) in [5.41, 5.74) is 6.31. The summed E-state index contributed by atoms with van der Waals surface area (Å²) in [6, 6.07) is 5.97. The molecule has 4 N–H and O–H groups in total. The maximum Gasteiger partial charge on any atom is 0.277 e. The Kier molecular flexibility index (Phi) is 3.67. The van der Waals surface area contributed by atoms with Crippen LogP contribution >= 0.6 is 11.6 Å². The van der Waals surface area contributed by atoms with E-state index < -0.39 is 5.91 Å². The number of hydrogen-bond donors (Lipinski definition) is 3. The minimum atomic E-state index is -0.479. The van der Waals surface area contributed by atoms with Crippen molar-refractivity contribution in [1.29, 1.82) is 0 Å². The Balaban J connectivity index is 2.27. The number of amides is 1. The minimum absolute atomic E-state index is 0.0893. The number of benzene rings is 1. The van der Waals surface area contributed by atoms with Gasteiger partial charge in [0.2, 0.25) is 0 Å². The first-order valence-corrected chi connectivity index (χ1v) is 5.49. The van der Waals surface area contributed by atoms with E-state index in [4.69, 9.17) is 22.5 Å². The Bertz CT molecular complexity index is 625. The van der Waals surface area contributed by atoms with Gasteiger partial charge in [-0.1, -0.05) is 21.9 Å². The molecule has 0 aliphatic rings. The van der Waals surface area contributed by atoms with Crippen LogP contribution in [0.3, 0.4) is 0 Å². The molecule has 1 amide bonds. The lowest BCUT2D eigenvalue weighted by molar-refractivity contribution is 0.101. The molecule has 0 unspecified atom stereocenters. The van der Waals surface area contributed by atoms with Gasteiger partial charge in [-0.25, -0.2) is 0 Å². The van der Waals surface area contributed by atoms with E-state index in [1.54, 1.807) is 6.07 Å². The Morgan fingerprint density at radius 3 is 2.89 bits per heavy atom. The van der Waals surface area contributed by atoms with Gasteiger partial charge in [0, 0.05) is 11.6 Å². The number of carbonyl (C=O) groups is 1. The third kappa shape index (κ3) is 2.83. The standard InChI is InChI=1S/C11H9ClN4O3/c12-7-2-1-6(10(13)15-18)5-9(7)14-11(17)8-3-4-19-16-8/h1-5,18H,(H2,13,15)(H,14,17). The van der Waals surface area contributed by atoms with E-state index in [0.717, 1.165) is 0 Å². The minimum Gasteiger partial charge on any atom is -0.409 e. The van der Waals surface area contributed by atoms with Gasteiger partial charge in [-0.05, 0) is 18.2 Å². The van der Waals surface area contributed by atoms with Crippen LogP contribution in [-0.2, 0) is 0 Å². The van der Waals surface area contributed by atoms with E-state index in [2.05, 4.69) is 20.2 Å². The number of oxime groups is 1. The molecule has 98 valence electrons. The van der Waals surface area contributed by atoms with Gasteiger partial charge in [0.25, 0.3) is 5.91 Å². The highest BCUT2D eigenvalue weighted by Gasteiger charge is 2.12. The molecule has 1 aromatic heterocycles. The van der Waals surface area contributed by atoms with Crippen LogP contribution in [0, 0.1) is 0 Å². The monoisotopic (exact) mass is 280 g/mol. The molecule has 1 heterocycles. The predicted molar refractivity (Wildman–Crippen MR) is 68.4 cm³/mol. The number of halogens is 1. The van der Waals surface area contributed by atoms with Crippen molar-refractivity contribution in [3.8, 4) is 0 Å². The number of aromatic nitrogens is 1. The number of nitrogens with two attached hydrogens (primary N) is 1. The highest BCUT2D eigenvalue weighted by Crippen LogP contribution is 2.23. The fourth-order valence-corrected chi connectivity index (χ4v) is 1.52. The number of amidine groups is 1. The van der Waals surface area contributed by atoms with Crippen molar-refractivity contribution < 1.29 is 14.5 Å². The molecule has 0 aliphatic carbocycles. The normalized spacial score (nSPS) is 11.3. The summed E-state index contributed by atoms with van der Waals surface area (Å²) in [6.45, 7) is 0. The van der Waals surface area contributed by atoms with Gasteiger partial charge >= 0.3 is 0 Å². The van der Waals surface area contributed by atoms with E-state index >= 15 is 0 Å². The number of anilines is 1. The van der Waals surface area contributed by atoms with E-state index in [9.17, 15) is 4.79 Å². The second-order valence-electron chi connectivity index (χ2n) is 3.52. The number of carbonyl (C=O) groups excluding carboxylic acids is 1. The van der Waals surface area contributed by atoms with Crippen molar-refractivity contribution in [2.45, 2.75) is 0 Å². The van der Waals surface area contributed by atoms with Crippen molar-refractivity contribution in [2.75, 3.05) is 5.32 Å². The van der Waals surface area contributed by atoms with Gasteiger partial charge in [-0.2, -0.15) is 0 Å². The fraction of sp³-hybridized carbons (Fsp3) is 0. The van der Waals surface area contributed by atoms with Crippen molar-refractivity contribution in [3.05, 3.63) is 46.8 Å². The Labute approximate surface area is 112 Å². The maximum absolute atomic E-state index is 11.8. The van der Waals surface area contributed by atoms with Crippen molar-refractivity contribution in [1.82, 2.24) is 5.16 Å². The zero-order valence-corrected chi connectivity index (χ0v) is 10.3. The summed E-state index contributed by atoms with van der Waals surface area (Å²) >= 11 is 5.95. The van der Waals surface area contributed by atoms with E-state index in [1.165, 1.54) is 24.5 Å². The van der Waals surface area contributed by atoms with Gasteiger partial charge in [0.15, 0.2) is 11.5 Å². The summed E-state index contributed by atoms with van der Waals surface area (Å²) < 4.78 is 4.57. The van der Waals surface area contributed by atoms with E-state index in [-0.39, 0.29) is 11.5 Å². The molecule has 0 fully saturated rings. The molecule has 1 aromatic carbocycles. The third-order valence-electron chi connectivity index (χ3n) is 2.29. The van der Waals surface area contributed by atoms with Gasteiger partial charge in [0.05, 0.1) is 10.7 Å². The summed E-state index contributed by atoms with van der Waals surface area (Å²) in [6.07, 6.45) is 1.28. The van der Waals surface area contributed by atoms with Gasteiger partial charge in [0.1, 0.15) is 6.26 Å². The SMILES string of the molecule is NC(=NO)c1ccc(Cl)c(NC(=O)c2ccon2)c1. The zero-order chi connectivity index (χ0) is 13.8. The predicted octanol–water partition coefficient (Wildman–Crippen LogP) is 1.67. The Morgan fingerprint density at radius 2 is 2.26 bits per heavy atom. The lowest BCUT2D eigenvalue weighted by Crippen LogP contribution is -2.16. The van der Waals surface area contributed by atoms with Crippen LogP contribution in [0.25, 0.3) is 0 Å². The van der Waals surface area contributed by atoms with Crippen LogP contribution in [0.15, 0.2) is 40.2 Å². The molecule has 0 bridgehead atoms. The fourth-order valence-electron chi connectivity index (χ4n) is 1.35. The average Bonchev–Trinajstić information content (AvgIpc) is 2.94. The first-order chi connectivity index (χ1) is 9.11. The molecule has 0 spiro atoms. The number of nitrogens with zero attached hydrogens (tertiary/aromatic N) is 2. The van der Waals surface area contributed by atoms with Gasteiger partial charge < -0.3 is 20.8 Å². The maximum atomic E-state index is 11.8. The van der Waals surface area contributed by atoms with Gasteiger partial charge in [-0.3, -0.25) is 4.79 Å². The summed E-state index contributed by atoms with van der Waals surface area (Å²) in [7, 11) is 0. The molecule has 0 atom stereocenters. The summed E-state index contributed by atoms with van der Waals surface area (Å²) in [5.74, 6) is -0.569. The molecule has 19 heavy (non-hydrogen) atoms. The Hall–Kier alpha value is -2.54. The molecule has 7 nitrogen and oxygen atoms in total. The molecule has 2 rings (SSSR count). The molecule has 0 saturated carbocycles. The zero-order valence-electron chi connectivity index (χ0n) is 9.50. The highest BCUT2D eigenvalue weighted by molar-refractivity contribution is 6.34. The third-order valence-corrected chi connectivity index (χ3v) is 2.62. The Morgan fingerprint density at radius 1 is 1.47 bits per heavy atom. The molecular formula is C11H9ClN4O3. The molecule has 0 saturated heterocycles. The van der Waals surface area contributed by atoms with Crippen molar-refractivity contribution in [3.63, 3.8) is 0 Å². The van der Waals surface area contributed by atoms with Crippen molar-refractivity contribution >= 4 is 29.0 Å². The quantitative estimate of drug-likeness (QED) is 0.342. The molecule has 0 aliphatic heterocycles. The van der Waals surface area contributed by atoms with Crippen LogP contribution in [0.5, 0.6) is 0 Å². The smallest absolute Gasteiger partial charge is 0.277 e. The van der Waals surface area contributed by atoms with Gasteiger partial charge in [-0.15, -0.1) is 0 Å². The average molecular weight is 281 g/mol. The lowest BCUT2D eigenvalue weighted by Gasteiger charge is -2.07. The number of hydrogen-bond acceptors (Lipinski definition) is 5. The molecule has 2 aromatic rings. The molecule has 8 heteroatoms. The molecule has 0 radical (unpaired) electrons.